The first-order valence-electron chi connectivity index (χ1n) is 7.04. The summed E-state index contributed by atoms with van der Waals surface area (Å²) in [7, 11) is 1.56. The van der Waals surface area contributed by atoms with Gasteiger partial charge < -0.3 is 4.74 Å². The van der Waals surface area contributed by atoms with Crippen molar-refractivity contribution in [1.82, 2.24) is 14.8 Å². The molecule has 0 N–H and O–H groups in total. The van der Waals surface area contributed by atoms with Crippen molar-refractivity contribution in [3.63, 3.8) is 0 Å². The van der Waals surface area contributed by atoms with Crippen LogP contribution in [0, 0.1) is 11.6 Å². The van der Waals surface area contributed by atoms with Gasteiger partial charge in [0, 0.05) is 7.11 Å². The van der Waals surface area contributed by atoms with E-state index < -0.39 is 5.60 Å². The Balaban J connectivity index is 2.13. The molecule has 1 aromatic heterocycles. The maximum absolute atomic E-state index is 13.3. The Morgan fingerprint density at radius 1 is 0.957 bits per heavy atom. The maximum Gasteiger partial charge on any atom is 0.137 e. The molecular weight excluding hydrogens is 300 g/mol. The van der Waals surface area contributed by atoms with Crippen LogP contribution in [0.15, 0.2) is 61.2 Å². The molecule has 0 atom stereocenters. The van der Waals surface area contributed by atoms with Crippen LogP contribution in [0.2, 0.25) is 0 Å². The maximum atomic E-state index is 13.3. The van der Waals surface area contributed by atoms with E-state index in [1.807, 2.05) is 0 Å². The summed E-state index contributed by atoms with van der Waals surface area (Å²) in [5.74, 6) is -0.669. The van der Waals surface area contributed by atoms with Crippen molar-refractivity contribution in [2.24, 2.45) is 0 Å². The molecule has 0 radical (unpaired) electrons. The molecule has 4 nitrogen and oxygen atoms in total. The first kappa shape index (κ1) is 15.3. The number of ether oxygens (including phenoxy) is 1. The quantitative estimate of drug-likeness (QED) is 0.726. The minimum Gasteiger partial charge on any atom is -0.367 e. The highest BCUT2D eigenvalue weighted by atomic mass is 19.1. The summed E-state index contributed by atoms with van der Waals surface area (Å²) in [4.78, 5) is 3.93. The first-order chi connectivity index (χ1) is 11.1. The molecule has 118 valence electrons. The molecule has 0 unspecified atom stereocenters. The number of benzene rings is 2. The highest BCUT2D eigenvalue weighted by molar-refractivity contribution is 5.36. The van der Waals surface area contributed by atoms with Gasteiger partial charge in [-0.05, 0) is 35.4 Å². The summed E-state index contributed by atoms with van der Waals surface area (Å²) in [5, 5.41) is 4.11. The van der Waals surface area contributed by atoms with Crippen LogP contribution >= 0.6 is 0 Å². The van der Waals surface area contributed by atoms with Gasteiger partial charge in [0.15, 0.2) is 0 Å². The number of nitrogens with zero attached hydrogens (tertiary/aromatic N) is 3. The summed E-state index contributed by atoms with van der Waals surface area (Å²) in [6.45, 7) is 0.320. The first-order valence-corrected chi connectivity index (χ1v) is 7.04. The van der Waals surface area contributed by atoms with E-state index in [-0.39, 0.29) is 11.6 Å². The molecule has 0 aliphatic carbocycles. The van der Waals surface area contributed by atoms with E-state index in [1.54, 1.807) is 42.4 Å². The number of methoxy groups -OCH3 is 1. The average molecular weight is 315 g/mol. The van der Waals surface area contributed by atoms with Gasteiger partial charge in [-0.25, -0.2) is 18.4 Å². The van der Waals surface area contributed by atoms with Gasteiger partial charge >= 0.3 is 0 Å². The molecule has 0 bridgehead atoms. The Bertz CT molecular complexity index is 710. The van der Waals surface area contributed by atoms with Crippen molar-refractivity contribution in [3.05, 3.63) is 83.9 Å². The number of hydrogen-bond acceptors (Lipinski definition) is 3. The predicted molar refractivity (Wildman–Crippen MR) is 80.6 cm³/mol. The van der Waals surface area contributed by atoms with Crippen LogP contribution in [-0.4, -0.2) is 21.9 Å². The van der Waals surface area contributed by atoms with E-state index in [1.165, 1.54) is 30.6 Å². The number of aromatic nitrogens is 3. The van der Waals surface area contributed by atoms with Gasteiger partial charge in [-0.3, -0.25) is 0 Å². The Hall–Kier alpha value is -2.60. The van der Waals surface area contributed by atoms with E-state index in [4.69, 9.17) is 4.74 Å². The van der Waals surface area contributed by atoms with Crippen molar-refractivity contribution in [2.75, 3.05) is 7.11 Å². The van der Waals surface area contributed by atoms with Gasteiger partial charge in [0.1, 0.15) is 29.9 Å². The summed E-state index contributed by atoms with van der Waals surface area (Å²) in [6, 6.07) is 12.1. The Morgan fingerprint density at radius 3 is 1.87 bits per heavy atom. The SMILES string of the molecule is COC(Cn1cncn1)(c1ccc(F)cc1)c1ccc(F)cc1. The van der Waals surface area contributed by atoms with Crippen LogP contribution in [0.1, 0.15) is 11.1 Å². The van der Waals surface area contributed by atoms with Crippen molar-refractivity contribution < 1.29 is 13.5 Å². The van der Waals surface area contributed by atoms with Crippen LogP contribution in [-0.2, 0) is 16.9 Å². The third-order valence-electron chi connectivity index (χ3n) is 3.82. The number of halogens is 2. The lowest BCUT2D eigenvalue weighted by Crippen LogP contribution is -2.35. The van der Waals surface area contributed by atoms with Crippen molar-refractivity contribution in [1.29, 1.82) is 0 Å². The largest absolute Gasteiger partial charge is 0.367 e. The van der Waals surface area contributed by atoms with Crippen molar-refractivity contribution >= 4 is 0 Å². The van der Waals surface area contributed by atoms with Gasteiger partial charge in [-0.1, -0.05) is 24.3 Å². The number of hydrogen-bond donors (Lipinski definition) is 0. The highest BCUT2D eigenvalue weighted by Gasteiger charge is 2.35. The Kier molecular flexibility index (Phi) is 4.16. The standard InChI is InChI=1S/C17H15F2N3O/c1-23-17(10-22-12-20-11-21-22,13-2-6-15(18)7-3-13)14-4-8-16(19)9-5-14/h2-9,11-12H,10H2,1H3. The van der Waals surface area contributed by atoms with Crippen LogP contribution < -0.4 is 0 Å². The summed E-state index contributed by atoms with van der Waals surface area (Å²) < 4.78 is 34.0. The second kappa shape index (κ2) is 6.26. The lowest BCUT2D eigenvalue weighted by atomic mass is 9.86. The van der Waals surface area contributed by atoms with Crippen LogP contribution in [0.4, 0.5) is 8.78 Å². The third-order valence-corrected chi connectivity index (χ3v) is 3.82. The van der Waals surface area contributed by atoms with Gasteiger partial charge in [0.05, 0.1) is 6.54 Å². The lowest BCUT2D eigenvalue weighted by molar-refractivity contribution is 0.00391. The summed E-state index contributed by atoms with van der Waals surface area (Å²) in [6.07, 6.45) is 3.00. The molecule has 0 aliphatic heterocycles. The van der Waals surface area contributed by atoms with Gasteiger partial charge in [0.2, 0.25) is 0 Å². The average Bonchev–Trinajstić information content (AvgIpc) is 3.07. The van der Waals surface area contributed by atoms with Gasteiger partial charge in [0.25, 0.3) is 0 Å². The molecular formula is C17H15F2N3O. The third kappa shape index (κ3) is 2.98. The molecule has 0 saturated carbocycles. The van der Waals surface area contributed by atoms with Gasteiger partial charge in [-0.2, -0.15) is 5.10 Å². The zero-order chi connectivity index (χ0) is 16.3. The molecule has 0 amide bonds. The van der Waals surface area contributed by atoms with E-state index in [0.29, 0.717) is 6.54 Å². The minimum atomic E-state index is -0.935. The highest BCUT2D eigenvalue weighted by Crippen LogP contribution is 2.35. The molecule has 0 spiro atoms. The molecule has 0 saturated heterocycles. The fraction of sp³-hybridized carbons (Fsp3) is 0.176. The molecule has 23 heavy (non-hydrogen) atoms. The fourth-order valence-electron chi connectivity index (χ4n) is 2.63. The van der Waals surface area contributed by atoms with Crippen molar-refractivity contribution in [2.45, 2.75) is 12.1 Å². The molecule has 0 aliphatic rings. The van der Waals surface area contributed by atoms with Crippen LogP contribution in [0.3, 0.4) is 0 Å². The molecule has 2 aromatic carbocycles. The van der Waals surface area contributed by atoms with E-state index >= 15 is 0 Å². The molecule has 0 fully saturated rings. The van der Waals surface area contributed by atoms with E-state index in [0.717, 1.165) is 11.1 Å². The second-order valence-electron chi connectivity index (χ2n) is 5.14. The van der Waals surface area contributed by atoms with Crippen molar-refractivity contribution in [3.8, 4) is 0 Å². The smallest absolute Gasteiger partial charge is 0.137 e. The van der Waals surface area contributed by atoms with Gasteiger partial charge in [-0.15, -0.1) is 0 Å². The molecule has 1 heterocycles. The molecule has 3 rings (SSSR count). The second-order valence-corrected chi connectivity index (χ2v) is 5.14. The molecule has 6 heteroatoms. The minimum absolute atomic E-state index is 0.320. The fourth-order valence-corrected chi connectivity index (χ4v) is 2.63. The van der Waals surface area contributed by atoms with E-state index in [9.17, 15) is 8.78 Å². The number of rotatable bonds is 5. The zero-order valence-electron chi connectivity index (χ0n) is 12.5. The monoisotopic (exact) mass is 315 g/mol. The topological polar surface area (TPSA) is 39.9 Å². The zero-order valence-corrected chi connectivity index (χ0v) is 12.5. The summed E-state index contributed by atoms with van der Waals surface area (Å²) in [5.41, 5.74) is 0.543. The molecule has 3 aromatic rings. The Morgan fingerprint density at radius 2 is 1.48 bits per heavy atom. The lowest BCUT2D eigenvalue weighted by Gasteiger charge is -2.33. The normalized spacial score (nSPS) is 11.6. The van der Waals surface area contributed by atoms with Crippen LogP contribution in [0.25, 0.3) is 0 Å². The Labute approximate surface area is 132 Å². The van der Waals surface area contributed by atoms with E-state index in [2.05, 4.69) is 10.1 Å². The predicted octanol–water partition coefficient (Wildman–Crippen LogP) is 3.15. The van der Waals surface area contributed by atoms with Crippen LogP contribution in [0.5, 0.6) is 0 Å². The summed E-state index contributed by atoms with van der Waals surface area (Å²) >= 11 is 0.